The number of carbonyl (C=O) groups is 1. The summed E-state index contributed by atoms with van der Waals surface area (Å²) in [6.45, 7) is 4.87. The first-order chi connectivity index (χ1) is 8.13. The van der Waals surface area contributed by atoms with Crippen LogP contribution in [-0.2, 0) is 4.79 Å². The second kappa shape index (κ2) is 3.68. The summed E-state index contributed by atoms with van der Waals surface area (Å²) in [7, 11) is 0. The maximum absolute atomic E-state index is 11.2. The van der Waals surface area contributed by atoms with E-state index < -0.39 is 0 Å². The highest BCUT2D eigenvalue weighted by molar-refractivity contribution is 5.75. The van der Waals surface area contributed by atoms with Gasteiger partial charge in [0.25, 0.3) is 0 Å². The standard InChI is InChI=1S/C15H22O2/c1-9-3-5-11-10(7-16)4-6-12-14(13(9)11)15(12,2)8-17/h7,9,12-14,17H,3-6,8H2,1-2H3. The lowest BCUT2D eigenvalue weighted by molar-refractivity contribution is -0.105. The van der Waals surface area contributed by atoms with Crippen molar-refractivity contribution in [1.82, 2.24) is 0 Å². The molecule has 0 amide bonds. The lowest BCUT2D eigenvalue weighted by atomic mass is 9.84. The number of allylic oxidation sites excluding steroid dienone is 2. The first kappa shape index (κ1) is 11.5. The van der Waals surface area contributed by atoms with Crippen LogP contribution in [0.25, 0.3) is 0 Å². The molecule has 1 N–H and O–H groups in total. The predicted octanol–water partition coefficient (Wildman–Crippen LogP) is 2.57. The van der Waals surface area contributed by atoms with Crippen molar-refractivity contribution in [1.29, 1.82) is 0 Å². The largest absolute Gasteiger partial charge is 0.396 e. The van der Waals surface area contributed by atoms with E-state index in [1.807, 2.05) is 0 Å². The van der Waals surface area contributed by atoms with E-state index in [-0.39, 0.29) is 5.41 Å². The number of aldehydes is 1. The van der Waals surface area contributed by atoms with Crippen LogP contribution in [0, 0.1) is 29.1 Å². The minimum atomic E-state index is 0.142. The Kier molecular flexibility index (Phi) is 2.48. The first-order valence-corrected chi connectivity index (χ1v) is 6.91. The molecule has 5 atom stereocenters. The van der Waals surface area contributed by atoms with Crippen molar-refractivity contribution in [3.63, 3.8) is 0 Å². The summed E-state index contributed by atoms with van der Waals surface area (Å²) in [5.74, 6) is 2.56. The van der Waals surface area contributed by atoms with Gasteiger partial charge in [-0.05, 0) is 60.3 Å². The summed E-state index contributed by atoms with van der Waals surface area (Å²) in [5, 5.41) is 9.63. The van der Waals surface area contributed by atoms with Crippen LogP contribution >= 0.6 is 0 Å². The van der Waals surface area contributed by atoms with E-state index >= 15 is 0 Å². The van der Waals surface area contributed by atoms with Gasteiger partial charge in [-0.2, -0.15) is 0 Å². The number of rotatable bonds is 2. The maximum Gasteiger partial charge on any atom is 0.145 e. The van der Waals surface area contributed by atoms with Gasteiger partial charge in [0.05, 0.1) is 0 Å². The van der Waals surface area contributed by atoms with Gasteiger partial charge in [-0.15, -0.1) is 0 Å². The van der Waals surface area contributed by atoms with Gasteiger partial charge in [-0.25, -0.2) is 0 Å². The first-order valence-electron chi connectivity index (χ1n) is 6.91. The van der Waals surface area contributed by atoms with Gasteiger partial charge in [0.1, 0.15) is 6.29 Å². The Morgan fingerprint density at radius 3 is 2.82 bits per heavy atom. The van der Waals surface area contributed by atoms with E-state index in [0.717, 1.165) is 31.1 Å². The zero-order chi connectivity index (χ0) is 12.2. The van der Waals surface area contributed by atoms with E-state index in [4.69, 9.17) is 0 Å². The second-order valence-corrected chi connectivity index (χ2v) is 6.54. The summed E-state index contributed by atoms with van der Waals surface area (Å²) < 4.78 is 0. The van der Waals surface area contributed by atoms with Crippen molar-refractivity contribution in [3.8, 4) is 0 Å². The topological polar surface area (TPSA) is 37.3 Å². The van der Waals surface area contributed by atoms with Crippen molar-refractivity contribution >= 4 is 6.29 Å². The van der Waals surface area contributed by atoms with E-state index in [0.29, 0.717) is 30.3 Å². The normalized spacial score (nSPS) is 48.4. The van der Waals surface area contributed by atoms with Crippen LogP contribution in [0.4, 0.5) is 0 Å². The van der Waals surface area contributed by atoms with Crippen molar-refractivity contribution in [2.75, 3.05) is 6.61 Å². The zero-order valence-electron chi connectivity index (χ0n) is 10.8. The molecule has 2 fully saturated rings. The molecule has 0 saturated heterocycles. The van der Waals surface area contributed by atoms with Crippen LogP contribution in [0.15, 0.2) is 11.1 Å². The number of hydrogen-bond donors (Lipinski definition) is 1. The fraction of sp³-hybridized carbons (Fsp3) is 0.800. The van der Waals surface area contributed by atoms with Gasteiger partial charge in [-0.1, -0.05) is 19.4 Å². The molecule has 0 heterocycles. The molecule has 0 aromatic carbocycles. The van der Waals surface area contributed by atoms with E-state index in [2.05, 4.69) is 13.8 Å². The van der Waals surface area contributed by atoms with Gasteiger partial charge in [0, 0.05) is 6.61 Å². The van der Waals surface area contributed by atoms with Crippen molar-refractivity contribution in [2.45, 2.75) is 39.5 Å². The Balaban J connectivity index is 1.99. The van der Waals surface area contributed by atoms with Gasteiger partial charge >= 0.3 is 0 Å². The van der Waals surface area contributed by atoms with Crippen molar-refractivity contribution in [2.24, 2.45) is 29.1 Å². The molecular weight excluding hydrogens is 212 g/mol. The fourth-order valence-corrected chi connectivity index (χ4v) is 4.72. The van der Waals surface area contributed by atoms with Crippen molar-refractivity contribution in [3.05, 3.63) is 11.1 Å². The molecule has 0 aromatic heterocycles. The predicted molar refractivity (Wildman–Crippen MR) is 66.4 cm³/mol. The second-order valence-electron chi connectivity index (χ2n) is 6.54. The summed E-state index contributed by atoms with van der Waals surface area (Å²) in [6, 6.07) is 0. The molecule has 3 aliphatic rings. The Morgan fingerprint density at radius 2 is 2.18 bits per heavy atom. The van der Waals surface area contributed by atoms with Gasteiger partial charge in [0.15, 0.2) is 0 Å². The van der Waals surface area contributed by atoms with Gasteiger partial charge in [0.2, 0.25) is 0 Å². The number of hydrogen-bond acceptors (Lipinski definition) is 2. The van der Waals surface area contributed by atoms with Crippen LogP contribution in [0.1, 0.15) is 39.5 Å². The molecule has 0 aliphatic heterocycles. The highest BCUT2D eigenvalue weighted by Crippen LogP contribution is 2.69. The summed E-state index contributed by atoms with van der Waals surface area (Å²) in [4.78, 5) is 11.2. The molecule has 3 aliphatic carbocycles. The summed E-state index contributed by atoms with van der Waals surface area (Å²) in [6.07, 6.45) is 5.48. The van der Waals surface area contributed by atoms with Crippen LogP contribution in [0.5, 0.6) is 0 Å². The average Bonchev–Trinajstić information content (AvgIpc) is 2.81. The Labute approximate surface area is 103 Å². The monoisotopic (exact) mass is 234 g/mol. The lowest BCUT2D eigenvalue weighted by Crippen LogP contribution is -2.17. The average molecular weight is 234 g/mol. The molecule has 0 bridgehead atoms. The lowest BCUT2D eigenvalue weighted by Gasteiger charge is -2.21. The highest BCUT2D eigenvalue weighted by Gasteiger charge is 2.65. The molecule has 94 valence electrons. The third kappa shape index (κ3) is 1.40. The molecule has 0 aromatic rings. The SMILES string of the molecule is CC1CCC2=C(C=O)CCC3C(C21)C3(C)CO. The molecule has 3 rings (SSSR count). The molecule has 2 saturated carbocycles. The molecular formula is C15H22O2. The van der Waals surface area contributed by atoms with Crippen molar-refractivity contribution < 1.29 is 9.90 Å². The third-order valence-electron chi connectivity index (χ3n) is 5.82. The molecule has 5 unspecified atom stereocenters. The van der Waals surface area contributed by atoms with E-state index in [1.54, 1.807) is 0 Å². The number of fused-ring (bicyclic) bond motifs is 3. The van der Waals surface area contributed by atoms with Gasteiger partial charge < -0.3 is 5.11 Å². The van der Waals surface area contributed by atoms with Crippen LogP contribution in [-0.4, -0.2) is 18.0 Å². The highest BCUT2D eigenvalue weighted by atomic mass is 16.3. The van der Waals surface area contributed by atoms with Crippen LogP contribution in [0.3, 0.4) is 0 Å². The minimum Gasteiger partial charge on any atom is -0.396 e. The Morgan fingerprint density at radius 1 is 1.41 bits per heavy atom. The molecule has 17 heavy (non-hydrogen) atoms. The Bertz CT molecular complexity index is 384. The maximum atomic E-state index is 11.2. The van der Waals surface area contributed by atoms with E-state index in [9.17, 15) is 9.90 Å². The molecule has 0 spiro atoms. The smallest absolute Gasteiger partial charge is 0.145 e. The van der Waals surface area contributed by atoms with Gasteiger partial charge in [-0.3, -0.25) is 4.79 Å². The van der Waals surface area contributed by atoms with Crippen LogP contribution < -0.4 is 0 Å². The van der Waals surface area contributed by atoms with E-state index in [1.165, 1.54) is 12.0 Å². The minimum absolute atomic E-state index is 0.142. The molecule has 0 radical (unpaired) electrons. The number of aliphatic hydroxyl groups is 1. The fourth-order valence-electron chi connectivity index (χ4n) is 4.72. The summed E-state index contributed by atoms with van der Waals surface area (Å²) >= 11 is 0. The quantitative estimate of drug-likeness (QED) is 0.746. The molecule has 2 nitrogen and oxygen atoms in total. The number of carbonyl (C=O) groups excluding carboxylic acids is 1. The summed E-state index contributed by atoms with van der Waals surface area (Å²) in [5.41, 5.74) is 2.67. The number of aliphatic hydroxyl groups excluding tert-OH is 1. The third-order valence-corrected chi connectivity index (χ3v) is 5.82. The van der Waals surface area contributed by atoms with Crippen LogP contribution in [0.2, 0.25) is 0 Å². The zero-order valence-corrected chi connectivity index (χ0v) is 10.8. The molecule has 2 heteroatoms. The Hall–Kier alpha value is -0.630.